The van der Waals surface area contributed by atoms with Crippen molar-refractivity contribution < 1.29 is 9.50 Å². The molecule has 0 aromatic heterocycles. The lowest BCUT2D eigenvalue weighted by molar-refractivity contribution is 0.141. The molecule has 2 nitrogen and oxygen atoms in total. The second-order valence-corrected chi connectivity index (χ2v) is 7.71. The van der Waals surface area contributed by atoms with Gasteiger partial charge in [0.05, 0.1) is 6.10 Å². The number of hydrogen-bond acceptors (Lipinski definition) is 3. The number of thioether (sulfide) groups is 1. The molecule has 1 heterocycles. The van der Waals surface area contributed by atoms with E-state index in [1.165, 1.54) is 6.07 Å². The summed E-state index contributed by atoms with van der Waals surface area (Å²) in [7, 11) is 0. The Kier molecular flexibility index (Phi) is 5.47. The third kappa shape index (κ3) is 4.21. The van der Waals surface area contributed by atoms with E-state index in [9.17, 15) is 9.50 Å². The number of aliphatic hydroxyl groups is 1. The summed E-state index contributed by atoms with van der Waals surface area (Å²) in [6, 6.07) is 5.01. The average Bonchev–Trinajstić information content (AvgIpc) is 2.38. The van der Waals surface area contributed by atoms with Gasteiger partial charge < -0.3 is 10.0 Å². The molecule has 112 valence electrons. The minimum atomic E-state index is -0.578. The lowest BCUT2D eigenvalue weighted by Gasteiger charge is -2.35. The van der Waals surface area contributed by atoms with Gasteiger partial charge in [0, 0.05) is 30.1 Å². The number of benzene rings is 1. The van der Waals surface area contributed by atoms with Gasteiger partial charge in [-0.05, 0) is 30.5 Å². The van der Waals surface area contributed by atoms with Crippen molar-refractivity contribution in [2.24, 2.45) is 0 Å². The maximum atomic E-state index is 13.5. The summed E-state index contributed by atoms with van der Waals surface area (Å²) < 4.78 is 13.5. The molecule has 0 saturated carbocycles. The Morgan fingerprint density at radius 3 is 2.60 bits per heavy atom. The van der Waals surface area contributed by atoms with Crippen LogP contribution in [0.2, 0.25) is 0 Å². The maximum Gasteiger partial charge on any atom is 0.126 e. The second kappa shape index (κ2) is 6.92. The first-order valence-corrected chi connectivity index (χ1v) is 8.22. The summed E-state index contributed by atoms with van der Waals surface area (Å²) in [6.07, 6.45) is 0.0809. The summed E-state index contributed by atoms with van der Waals surface area (Å²) in [4.78, 5) is 2.40. The van der Waals surface area contributed by atoms with Gasteiger partial charge in [-0.2, -0.15) is 11.8 Å². The fraction of sp³-hybridized carbons (Fsp3) is 0.625. The predicted octanol–water partition coefficient (Wildman–Crippen LogP) is 3.38. The first-order chi connectivity index (χ1) is 9.45. The second-order valence-electron chi connectivity index (χ2n) is 5.83. The molecule has 1 N–H and O–H groups in total. The largest absolute Gasteiger partial charge is 0.388 e. The fourth-order valence-electron chi connectivity index (χ4n) is 2.75. The van der Waals surface area contributed by atoms with Crippen molar-refractivity contribution in [3.8, 4) is 0 Å². The van der Waals surface area contributed by atoms with Crippen LogP contribution in [-0.2, 0) is 0 Å². The predicted molar refractivity (Wildman–Crippen MR) is 83.7 cm³/mol. The van der Waals surface area contributed by atoms with Crippen molar-refractivity contribution >= 4 is 11.8 Å². The third-order valence-electron chi connectivity index (χ3n) is 3.79. The molecule has 2 rings (SSSR count). The SMILES string of the molecule is Cc1ccc(C(O)CCN2CC(C)SC(C)C2)cc1F. The molecule has 0 spiro atoms. The molecule has 1 saturated heterocycles. The molecule has 0 bridgehead atoms. The Hall–Kier alpha value is -0.580. The summed E-state index contributed by atoms with van der Waals surface area (Å²) in [6.45, 7) is 9.25. The summed E-state index contributed by atoms with van der Waals surface area (Å²) in [5.41, 5.74) is 1.30. The van der Waals surface area contributed by atoms with Crippen LogP contribution in [0.3, 0.4) is 0 Å². The van der Waals surface area contributed by atoms with Gasteiger partial charge in [0.2, 0.25) is 0 Å². The lowest BCUT2D eigenvalue weighted by Crippen LogP contribution is -2.41. The topological polar surface area (TPSA) is 23.5 Å². The lowest BCUT2D eigenvalue weighted by atomic mass is 10.0. The van der Waals surface area contributed by atoms with Crippen LogP contribution in [0.25, 0.3) is 0 Å². The smallest absolute Gasteiger partial charge is 0.126 e. The molecule has 0 aliphatic carbocycles. The first-order valence-electron chi connectivity index (χ1n) is 7.27. The molecule has 1 fully saturated rings. The van der Waals surface area contributed by atoms with Crippen LogP contribution in [0.1, 0.15) is 37.5 Å². The molecule has 0 amide bonds. The number of aliphatic hydroxyl groups excluding tert-OH is 1. The van der Waals surface area contributed by atoms with Crippen molar-refractivity contribution in [3.05, 3.63) is 35.1 Å². The van der Waals surface area contributed by atoms with E-state index in [0.717, 1.165) is 19.6 Å². The Bertz CT molecular complexity index is 444. The molecule has 0 radical (unpaired) electrons. The standard InChI is InChI=1S/C16H24FNOS/c1-11-4-5-14(8-15(11)17)16(19)6-7-18-9-12(2)20-13(3)10-18/h4-5,8,12-13,16,19H,6-7,9-10H2,1-3H3. The Morgan fingerprint density at radius 1 is 1.35 bits per heavy atom. The summed E-state index contributed by atoms with van der Waals surface area (Å²) in [5.74, 6) is -0.238. The molecule has 3 atom stereocenters. The van der Waals surface area contributed by atoms with Crippen LogP contribution in [0, 0.1) is 12.7 Å². The molecule has 3 unspecified atom stereocenters. The van der Waals surface area contributed by atoms with Gasteiger partial charge >= 0.3 is 0 Å². The van der Waals surface area contributed by atoms with Crippen LogP contribution >= 0.6 is 11.8 Å². The van der Waals surface area contributed by atoms with Crippen molar-refractivity contribution in [3.63, 3.8) is 0 Å². The van der Waals surface area contributed by atoms with Crippen molar-refractivity contribution in [2.75, 3.05) is 19.6 Å². The van der Waals surface area contributed by atoms with E-state index in [-0.39, 0.29) is 5.82 Å². The van der Waals surface area contributed by atoms with Gasteiger partial charge in [-0.1, -0.05) is 26.0 Å². The van der Waals surface area contributed by atoms with E-state index < -0.39 is 6.10 Å². The minimum absolute atomic E-state index is 0.238. The highest BCUT2D eigenvalue weighted by Crippen LogP contribution is 2.26. The Morgan fingerprint density at radius 2 is 2.00 bits per heavy atom. The quantitative estimate of drug-likeness (QED) is 0.921. The monoisotopic (exact) mass is 297 g/mol. The van der Waals surface area contributed by atoms with Gasteiger partial charge in [0.25, 0.3) is 0 Å². The van der Waals surface area contributed by atoms with Crippen LogP contribution in [0.5, 0.6) is 0 Å². The highest BCUT2D eigenvalue weighted by atomic mass is 32.2. The highest BCUT2D eigenvalue weighted by Gasteiger charge is 2.22. The van der Waals surface area contributed by atoms with E-state index in [2.05, 4.69) is 18.7 Å². The number of aryl methyl sites for hydroxylation is 1. The molecule has 1 aromatic rings. The van der Waals surface area contributed by atoms with E-state index in [1.807, 2.05) is 17.8 Å². The molecule has 4 heteroatoms. The molecular formula is C16H24FNOS. The van der Waals surface area contributed by atoms with Crippen LogP contribution < -0.4 is 0 Å². The zero-order chi connectivity index (χ0) is 14.7. The first kappa shape index (κ1) is 15.8. The van der Waals surface area contributed by atoms with Crippen LogP contribution in [0.4, 0.5) is 4.39 Å². The van der Waals surface area contributed by atoms with Crippen molar-refractivity contribution in [2.45, 2.75) is 43.8 Å². The van der Waals surface area contributed by atoms with Gasteiger partial charge in [-0.3, -0.25) is 0 Å². The normalized spacial score (nSPS) is 25.6. The van der Waals surface area contributed by atoms with E-state index in [0.29, 0.717) is 28.0 Å². The van der Waals surface area contributed by atoms with E-state index in [4.69, 9.17) is 0 Å². The van der Waals surface area contributed by atoms with E-state index >= 15 is 0 Å². The molecule has 1 aromatic carbocycles. The van der Waals surface area contributed by atoms with Gasteiger partial charge in [-0.15, -0.1) is 0 Å². The molecule has 20 heavy (non-hydrogen) atoms. The minimum Gasteiger partial charge on any atom is -0.388 e. The summed E-state index contributed by atoms with van der Waals surface area (Å²) in [5, 5.41) is 11.5. The highest BCUT2D eigenvalue weighted by molar-refractivity contribution is 8.00. The van der Waals surface area contributed by atoms with Crippen molar-refractivity contribution in [1.29, 1.82) is 0 Å². The van der Waals surface area contributed by atoms with E-state index in [1.54, 1.807) is 13.0 Å². The maximum absolute atomic E-state index is 13.5. The van der Waals surface area contributed by atoms with Crippen molar-refractivity contribution in [1.82, 2.24) is 4.90 Å². The third-order valence-corrected chi connectivity index (χ3v) is 5.02. The number of hydrogen-bond donors (Lipinski definition) is 1. The number of nitrogens with zero attached hydrogens (tertiary/aromatic N) is 1. The number of halogens is 1. The molecular weight excluding hydrogens is 273 g/mol. The Balaban J connectivity index is 1.88. The van der Waals surface area contributed by atoms with Crippen LogP contribution in [-0.4, -0.2) is 40.1 Å². The molecule has 1 aliphatic heterocycles. The van der Waals surface area contributed by atoms with Gasteiger partial charge in [-0.25, -0.2) is 4.39 Å². The average molecular weight is 297 g/mol. The van der Waals surface area contributed by atoms with Crippen LogP contribution in [0.15, 0.2) is 18.2 Å². The van der Waals surface area contributed by atoms with Gasteiger partial charge in [0.1, 0.15) is 5.82 Å². The Labute approximate surface area is 125 Å². The summed E-state index contributed by atoms with van der Waals surface area (Å²) >= 11 is 2.03. The zero-order valence-electron chi connectivity index (χ0n) is 12.5. The number of rotatable bonds is 4. The fourth-order valence-corrected chi connectivity index (χ4v) is 4.14. The van der Waals surface area contributed by atoms with Gasteiger partial charge in [0.15, 0.2) is 0 Å². The molecule has 1 aliphatic rings. The zero-order valence-corrected chi connectivity index (χ0v) is 13.3.